The molecule has 0 spiro atoms. The van der Waals surface area contributed by atoms with Crippen molar-refractivity contribution in [1.29, 1.82) is 0 Å². The minimum Gasteiger partial charge on any atom is -0.487 e. The summed E-state index contributed by atoms with van der Waals surface area (Å²) in [6.07, 6.45) is 16.3. The highest BCUT2D eigenvalue weighted by Crippen LogP contribution is 2.50. The first kappa shape index (κ1) is 26.8. The van der Waals surface area contributed by atoms with Crippen LogP contribution in [0.15, 0.2) is 48.1 Å². The number of hydrogen-bond acceptors (Lipinski definition) is 5. The van der Waals surface area contributed by atoms with Crippen LogP contribution in [-0.4, -0.2) is 35.6 Å². The number of pyridine rings is 1. The number of carbonyl (C=O) groups excluding carboxylic acids is 2. The van der Waals surface area contributed by atoms with Crippen molar-refractivity contribution in [1.82, 2.24) is 15.6 Å². The zero-order chi connectivity index (χ0) is 26.2. The molecule has 2 aliphatic heterocycles. The molecule has 8 nitrogen and oxygen atoms in total. The van der Waals surface area contributed by atoms with Crippen LogP contribution in [-0.2, 0) is 16.0 Å². The Kier molecular flexibility index (Phi) is 9.25. The van der Waals surface area contributed by atoms with Gasteiger partial charge in [0.15, 0.2) is 0 Å². The molecule has 1 aromatic rings. The molecule has 3 amide bonds. The van der Waals surface area contributed by atoms with E-state index in [0.29, 0.717) is 36.7 Å². The maximum Gasteiger partial charge on any atom is 0.315 e. The highest BCUT2D eigenvalue weighted by atomic mass is 16.5. The van der Waals surface area contributed by atoms with E-state index >= 15 is 0 Å². The summed E-state index contributed by atoms with van der Waals surface area (Å²) in [7, 11) is 0. The third-order valence-electron chi connectivity index (χ3n) is 7.16. The SMILES string of the molecule is C=C1/C(=C\C=C(/C)Oc2ccnc3c2CCC(=O)N3)O[C@@H]2[C@@H](NC(=O)NCCCCCCCCCC)[C@H]12. The van der Waals surface area contributed by atoms with E-state index in [1.807, 2.05) is 19.1 Å². The number of nitrogens with zero attached hydrogens (tertiary/aromatic N) is 1. The number of urea groups is 1. The van der Waals surface area contributed by atoms with Crippen molar-refractivity contribution < 1.29 is 19.1 Å². The third kappa shape index (κ3) is 7.14. The predicted molar refractivity (Wildman–Crippen MR) is 144 cm³/mol. The van der Waals surface area contributed by atoms with Gasteiger partial charge >= 0.3 is 6.03 Å². The van der Waals surface area contributed by atoms with Gasteiger partial charge in [0.05, 0.1) is 12.0 Å². The number of aromatic nitrogens is 1. The highest BCUT2D eigenvalue weighted by Gasteiger charge is 2.60. The highest BCUT2D eigenvalue weighted by molar-refractivity contribution is 5.93. The molecule has 1 saturated carbocycles. The Hall–Kier alpha value is -3.29. The zero-order valence-corrected chi connectivity index (χ0v) is 22.1. The molecule has 4 rings (SSSR count). The van der Waals surface area contributed by atoms with Crippen molar-refractivity contribution in [3.8, 4) is 5.75 Å². The standard InChI is InChI=1S/C29H40N4O4/c1-4-5-6-7-8-9-10-11-17-31-29(35)33-26-25-20(3)22(37-27(25)26)14-12-19(2)36-23-16-18-30-28-21(23)13-15-24(34)32-28/h12,14,16,18,25-27H,3-11,13,15,17H2,1-2H3,(H,30,32,34)(H2,31,33,35)/b19-12+,22-14+/t25-,26-,27-/m0/s1. The second-order valence-electron chi connectivity index (χ2n) is 10.1. The molecule has 0 unspecified atom stereocenters. The van der Waals surface area contributed by atoms with E-state index < -0.39 is 0 Å². The minimum absolute atomic E-state index is 0.0249. The zero-order valence-electron chi connectivity index (χ0n) is 22.1. The van der Waals surface area contributed by atoms with Gasteiger partial charge in [0.25, 0.3) is 0 Å². The van der Waals surface area contributed by atoms with Gasteiger partial charge in [-0.1, -0.05) is 58.4 Å². The Labute approximate surface area is 220 Å². The quantitative estimate of drug-likeness (QED) is 0.240. The molecule has 1 saturated heterocycles. The molecule has 1 aliphatic carbocycles. The van der Waals surface area contributed by atoms with E-state index in [4.69, 9.17) is 9.47 Å². The third-order valence-corrected chi connectivity index (χ3v) is 7.16. The summed E-state index contributed by atoms with van der Waals surface area (Å²) >= 11 is 0. The van der Waals surface area contributed by atoms with Crippen LogP contribution in [0.4, 0.5) is 10.6 Å². The van der Waals surface area contributed by atoms with E-state index in [-0.39, 0.29) is 30.0 Å². The molecule has 200 valence electrons. The maximum absolute atomic E-state index is 12.3. The van der Waals surface area contributed by atoms with Gasteiger partial charge in [0, 0.05) is 24.7 Å². The lowest BCUT2D eigenvalue weighted by atomic mass is 10.1. The fourth-order valence-corrected chi connectivity index (χ4v) is 4.97. The van der Waals surface area contributed by atoms with Crippen molar-refractivity contribution in [2.24, 2.45) is 5.92 Å². The lowest BCUT2D eigenvalue weighted by Gasteiger charge is -2.18. The number of rotatable bonds is 13. The molecule has 3 N–H and O–H groups in total. The number of hydrogen-bond donors (Lipinski definition) is 3. The Morgan fingerprint density at radius 2 is 1.97 bits per heavy atom. The lowest BCUT2D eigenvalue weighted by molar-refractivity contribution is -0.116. The Morgan fingerprint density at radius 1 is 1.22 bits per heavy atom. The summed E-state index contributed by atoms with van der Waals surface area (Å²) in [5.74, 6) is 2.74. The summed E-state index contributed by atoms with van der Waals surface area (Å²) in [4.78, 5) is 28.1. The fourth-order valence-electron chi connectivity index (χ4n) is 4.97. The molecular weight excluding hydrogens is 468 g/mol. The van der Waals surface area contributed by atoms with Gasteiger partial charge in [0.2, 0.25) is 5.91 Å². The summed E-state index contributed by atoms with van der Waals surface area (Å²) in [5.41, 5.74) is 1.80. The maximum atomic E-state index is 12.3. The molecule has 3 atom stereocenters. The van der Waals surface area contributed by atoms with Crippen LogP contribution < -0.4 is 20.7 Å². The van der Waals surface area contributed by atoms with Crippen LogP contribution in [0.5, 0.6) is 5.75 Å². The van der Waals surface area contributed by atoms with Gasteiger partial charge in [-0.3, -0.25) is 4.79 Å². The topological polar surface area (TPSA) is 102 Å². The average Bonchev–Trinajstić information content (AvgIpc) is 3.44. The Balaban J connectivity index is 1.16. The fraction of sp³-hybridized carbons (Fsp3) is 0.552. The van der Waals surface area contributed by atoms with E-state index in [1.54, 1.807) is 12.3 Å². The van der Waals surface area contributed by atoms with Crippen molar-refractivity contribution in [2.75, 3.05) is 11.9 Å². The Morgan fingerprint density at radius 3 is 2.70 bits per heavy atom. The van der Waals surface area contributed by atoms with Crippen molar-refractivity contribution in [3.05, 3.63) is 53.6 Å². The van der Waals surface area contributed by atoms with Gasteiger partial charge in [0.1, 0.15) is 29.2 Å². The van der Waals surface area contributed by atoms with Gasteiger partial charge in [-0.15, -0.1) is 0 Å². The molecule has 3 heterocycles. The first-order valence-corrected chi connectivity index (χ1v) is 13.7. The molecule has 1 aromatic heterocycles. The van der Waals surface area contributed by atoms with Crippen LogP contribution in [0.3, 0.4) is 0 Å². The molecule has 0 bridgehead atoms. The normalized spacial score (nSPS) is 23.1. The van der Waals surface area contributed by atoms with Crippen LogP contribution in [0.25, 0.3) is 0 Å². The number of fused-ring (bicyclic) bond motifs is 2. The van der Waals surface area contributed by atoms with Gasteiger partial charge in [-0.2, -0.15) is 0 Å². The molecule has 0 aromatic carbocycles. The predicted octanol–water partition coefficient (Wildman–Crippen LogP) is 5.53. The second kappa shape index (κ2) is 12.8. The number of amides is 3. The molecule has 8 heteroatoms. The molecule has 3 aliphatic rings. The van der Waals surface area contributed by atoms with Crippen LogP contribution in [0.1, 0.15) is 77.2 Å². The van der Waals surface area contributed by atoms with Crippen LogP contribution >= 0.6 is 0 Å². The summed E-state index contributed by atoms with van der Waals surface area (Å²) in [5, 5.41) is 8.77. The second-order valence-corrected chi connectivity index (χ2v) is 10.1. The summed E-state index contributed by atoms with van der Waals surface area (Å²) in [6.45, 7) is 8.98. The molecule has 0 radical (unpaired) electrons. The minimum atomic E-state index is -0.134. The van der Waals surface area contributed by atoms with Gasteiger partial charge in [-0.25, -0.2) is 9.78 Å². The lowest BCUT2D eigenvalue weighted by Crippen LogP contribution is -2.39. The number of anilines is 1. The van der Waals surface area contributed by atoms with Crippen molar-refractivity contribution in [3.63, 3.8) is 0 Å². The van der Waals surface area contributed by atoms with E-state index in [2.05, 4.69) is 34.4 Å². The first-order valence-electron chi connectivity index (χ1n) is 13.7. The largest absolute Gasteiger partial charge is 0.487 e. The number of ether oxygens (including phenoxy) is 2. The number of allylic oxidation sites excluding steroid dienone is 4. The first-order chi connectivity index (χ1) is 18.0. The number of carbonyl (C=O) groups is 2. The van der Waals surface area contributed by atoms with Crippen molar-refractivity contribution in [2.45, 2.75) is 90.2 Å². The average molecular weight is 509 g/mol. The molecule has 2 fully saturated rings. The van der Waals surface area contributed by atoms with Gasteiger partial charge in [-0.05, 0) is 43.6 Å². The smallest absolute Gasteiger partial charge is 0.315 e. The van der Waals surface area contributed by atoms with Crippen LogP contribution in [0.2, 0.25) is 0 Å². The van der Waals surface area contributed by atoms with E-state index in [0.717, 1.165) is 29.7 Å². The number of nitrogens with one attached hydrogen (secondary N) is 3. The Bertz CT molecular complexity index is 1060. The van der Waals surface area contributed by atoms with E-state index in [9.17, 15) is 9.59 Å². The van der Waals surface area contributed by atoms with Crippen LogP contribution in [0, 0.1) is 5.92 Å². The van der Waals surface area contributed by atoms with Crippen molar-refractivity contribution >= 4 is 17.8 Å². The summed E-state index contributed by atoms with van der Waals surface area (Å²) < 4.78 is 12.0. The summed E-state index contributed by atoms with van der Waals surface area (Å²) in [6, 6.07) is 1.64. The number of unbranched alkanes of at least 4 members (excludes halogenated alkanes) is 7. The monoisotopic (exact) mass is 508 g/mol. The molecule has 37 heavy (non-hydrogen) atoms. The van der Waals surface area contributed by atoms with Gasteiger partial charge < -0.3 is 25.4 Å². The molecular formula is C29H40N4O4. The van der Waals surface area contributed by atoms with E-state index in [1.165, 1.54) is 38.5 Å².